The molecule has 1 nitrogen and oxygen atoms in total. The first-order valence-corrected chi connectivity index (χ1v) is 7.82. The average molecular weight is 267 g/mol. The van der Waals surface area contributed by atoms with Crippen molar-refractivity contribution in [3.8, 4) is 0 Å². The van der Waals surface area contributed by atoms with Gasteiger partial charge >= 0.3 is 0 Å². The second-order valence-electron chi connectivity index (χ2n) is 5.38. The van der Waals surface area contributed by atoms with Gasteiger partial charge in [0, 0.05) is 17.5 Å². The van der Waals surface area contributed by atoms with E-state index in [4.69, 9.17) is 5.73 Å². The first-order chi connectivity index (χ1) is 8.67. The maximum atomic E-state index is 13.4. The summed E-state index contributed by atoms with van der Waals surface area (Å²) in [6, 6.07) is 5.19. The van der Waals surface area contributed by atoms with Gasteiger partial charge in [0.25, 0.3) is 0 Å². The van der Waals surface area contributed by atoms with E-state index in [0.717, 1.165) is 28.0 Å². The molecule has 1 aliphatic carbocycles. The fourth-order valence-electron chi connectivity index (χ4n) is 2.66. The molecule has 1 saturated carbocycles. The van der Waals surface area contributed by atoms with Gasteiger partial charge in [0.05, 0.1) is 0 Å². The molecule has 1 aliphatic rings. The first-order valence-electron chi connectivity index (χ1n) is 6.77. The predicted molar refractivity (Wildman–Crippen MR) is 77.0 cm³/mol. The molecular weight excluding hydrogens is 245 g/mol. The zero-order valence-corrected chi connectivity index (χ0v) is 11.8. The van der Waals surface area contributed by atoms with Crippen LogP contribution in [-0.4, -0.2) is 5.25 Å². The summed E-state index contributed by atoms with van der Waals surface area (Å²) < 4.78 is 13.4. The van der Waals surface area contributed by atoms with Crippen molar-refractivity contribution in [2.45, 2.75) is 50.2 Å². The van der Waals surface area contributed by atoms with Crippen molar-refractivity contribution in [1.29, 1.82) is 0 Å². The predicted octanol–water partition coefficient (Wildman–Crippen LogP) is 4.10. The number of rotatable bonds is 4. The molecule has 2 N–H and O–H groups in total. The minimum atomic E-state index is -0.162. The summed E-state index contributed by atoms with van der Waals surface area (Å²) in [6.45, 7) is 2.75. The topological polar surface area (TPSA) is 26.0 Å². The van der Waals surface area contributed by atoms with E-state index in [0.29, 0.717) is 6.54 Å². The summed E-state index contributed by atoms with van der Waals surface area (Å²) in [6.07, 6.45) is 5.34. The molecule has 18 heavy (non-hydrogen) atoms. The Morgan fingerprint density at radius 3 is 2.78 bits per heavy atom. The third kappa shape index (κ3) is 3.99. The SMILES string of the molecule is CC1CCCC(SCc2cc(F)cc(CN)c2)C1. The van der Waals surface area contributed by atoms with E-state index in [1.807, 2.05) is 17.8 Å². The molecule has 1 fully saturated rings. The van der Waals surface area contributed by atoms with Crippen molar-refractivity contribution in [3.63, 3.8) is 0 Å². The molecule has 0 radical (unpaired) electrons. The van der Waals surface area contributed by atoms with Crippen molar-refractivity contribution >= 4 is 11.8 Å². The maximum absolute atomic E-state index is 13.4. The number of nitrogens with two attached hydrogens (primary N) is 1. The van der Waals surface area contributed by atoms with Crippen LogP contribution < -0.4 is 5.73 Å². The number of halogens is 1. The smallest absolute Gasteiger partial charge is 0.123 e. The molecule has 2 rings (SSSR count). The van der Waals surface area contributed by atoms with Gasteiger partial charge in [-0.15, -0.1) is 0 Å². The Morgan fingerprint density at radius 2 is 2.06 bits per heavy atom. The highest BCUT2D eigenvalue weighted by Gasteiger charge is 2.19. The number of hydrogen-bond acceptors (Lipinski definition) is 2. The van der Waals surface area contributed by atoms with Crippen LogP contribution in [0.4, 0.5) is 4.39 Å². The van der Waals surface area contributed by atoms with Crippen LogP contribution in [0.25, 0.3) is 0 Å². The quantitative estimate of drug-likeness (QED) is 0.889. The van der Waals surface area contributed by atoms with Gasteiger partial charge in [-0.1, -0.05) is 25.8 Å². The van der Waals surface area contributed by atoms with Crippen LogP contribution in [-0.2, 0) is 12.3 Å². The normalized spacial score (nSPS) is 24.2. The molecule has 2 atom stereocenters. The van der Waals surface area contributed by atoms with Crippen LogP contribution in [0.5, 0.6) is 0 Å². The molecule has 0 saturated heterocycles. The van der Waals surface area contributed by atoms with Crippen molar-refractivity contribution in [2.75, 3.05) is 0 Å². The van der Waals surface area contributed by atoms with Crippen LogP contribution in [0, 0.1) is 11.7 Å². The maximum Gasteiger partial charge on any atom is 0.123 e. The highest BCUT2D eigenvalue weighted by atomic mass is 32.2. The Hall–Kier alpha value is -0.540. The third-order valence-electron chi connectivity index (χ3n) is 3.63. The van der Waals surface area contributed by atoms with Crippen LogP contribution in [0.1, 0.15) is 43.7 Å². The van der Waals surface area contributed by atoms with Gasteiger partial charge in [-0.3, -0.25) is 0 Å². The molecule has 2 unspecified atom stereocenters. The molecule has 0 aliphatic heterocycles. The Kier molecular flexibility index (Phi) is 5.07. The van der Waals surface area contributed by atoms with E-state index in [1.54, 1.807) is 6.07 Å². The van der Waals surface area contributed by atoms with Crippen LogP contribution >= 0.6 is 11.8 Å². The standard InChI is InChI=1S/C15H22FNS/c1-11-3-2-4-15(5-11)18-10-13-6-12(9-17)7-14(16)8-13/h6-8,11,15H,2-5,9-10,17H2,1H3. The highest BCUT2D eigenvalue weighted by molar-refractivity contribution is 7.99. The Balaban J connectivity index is 1.91. The van der Waals surface area contributed by atoms with Gasteiger partial charge in [0.15, 0.2) is 0 Å². The fourth-order valence-corrected chi connectivity index (χ4v) is 4.06. The van der Waals surface area contributed by atoms with Gasteiger partial charge in [0.1, 0.15) is 5.82 Å². The molecule has 0 amide bonds. The highest BCUT2D eigenvalue weighted by Crippen LogP contribution is 2.33. The first kappa shape index (κ1) is 13.9. The van der Waals surface area contributed by atoms with E-state index >= 15 is 0 Å². The summed E-state index contributed by atoms with van der Waals surface area (Å²) in [4.78, 5) is 0. The van der Waals surface area contributed by atoms with Gasteiger partial charge in [-0.05, 0) is 42.0 Å². The Morgan fingerprint density at radius 1 is 1.28 bits per heavy atom. The lowest BCUT2D eigenvalue weighted by Gasteiger charge is -2.26. The second kappa shape index (κ2) is 6.58. The molecule has 100 valence electrons. The summed E-state index contributed by atoms with van der Waals surface area (Å²) in [5.74, 6) is 1.59. The third-order valence-corrected chi connectivity index (χ3v) is 5.03. The van der Waals surface area contributed by atoms with Crippen molar-refractivity contribution in [3.05, 3.63) is 35.1 Å². The van der Waals surface area contributed by atoms with Gasteiger partial charge in [-0.2, -0.15) is 11.8 Å². The number of hydrogen-bond donors (Lipinski definition) is 1. The molecule has 1 aromatic carbocycles. The molecule has 0 aromatic heterocycles. The summed E-state index contributed by atoms with van der Waals surface area (Å²) in [5, 5.41) is 0.748. The van der Waals surface area contributed by atoms with Crippen LogP contribution in [0.2, 0.25) is 0 Å². The summed E-state index contributed by atoms with van der Waals surface area (Å²) in [5.41, 5.74) is 7.53. The van der Waals surface area contributed by atoms with E-state index in [2.05, 4.69) is 6.92 Å². The van der Waals surface area contributed by atoms with E-state index < -0.39 is 0 Å². The molecule has 3 heteroatoms. The second-order valence-corrected chi connectivity index (χ2v) is 6.67. The number of benzene rings is 1. The van der Waals surface area contributed by atoms with Crippen LogP contribution in [0.15, 0.2) is 18.2 Å². The molecular formula is C15H22FNS. The summed E-state index contributed by atoms with van der Waals surface area (Å²) in [7, 11) is 0. The lowest BCUT2D eigenvalue weighted by Crippen LogP contribution is -2.15. The van der Waals surface area contributed by atoms with Crippen molar-refractivity contribution in [1.82, 2.24) is 0 Å². The van der Waals surface area contributed by atoms with E-state index in [1.165, 1.54) is 31.7 Å². The van der Waals surface area contributed by atoms with Crippen molar-refractivity contribution < 1.29 is 4.39 Å². The lowest BCUT2D eigenvalue weighted by molar-refractivity contribution is 0.394. The molecule has 0 bridgehead atoms. The number of thioether (sulfide) groups is 1. The zero-order valence-electron chi connectivity index (χ0n) is 11.0. The largest absolute Gasteiger partial charge is 0.326 e. The molecule has 0 spiro atoms. The van der Waals surface area contributed by atoms with E-state index in [9.17, 15) is 4.39 Å². The minimum absolute atomic E-state index is 0.162. The van der Waals surface area contributed by atoms with Gasteiger partial charge in [0.2, 0.25) is 0 Å². The van der Waals surface area contributed by atoms with Crippen molar-refractivity contribution in [2.24, 2.45) is 11.7 Å². The fraction of sp³-hybridized carbons (Fsp3) is 0.600. The monoisotopic (exact) mass is 267 g/mol. The molecule has 1 aromatic rings. The molecule has 0 heterocycles. The Bertz CT molecular complexity index is 394. The van der Waals surface area contributed by atoms with Crippen LogP contribution in [0.3, 0.4) is 0 Å². The Labute approximate surface area is 113 Å². The summed E-state index contributed by atoms with van der Waals surface area (Å²) >= 11 is 1.97. The van der Waals surface area contributed by atoms with Gasteiger partial charge < -0.3 is 5.73 Å². The zero-order chi connectivity index (χ0) is 13.0. The minimum Gasteiger partial charge on any atom is -0.326 e. The lowest BCUT2D eigenvalue weighted by atomic mass is 9.91. The van der Waals surface area contributed by atoms with Gasteiger partial charge in [-0.25, -0.2) is 4.39 Å². The van der Waals surface area contributed by atoms with E-state index in [-0.39, 0.29) is 5.82 Å². The average Bonchev–Trinajstić information content (AvgIpc) is 2.36.